The van der Waals surface area contributed by atoms with Crippen LogP contribution in [0.1, 0.15) is 22.1 Å². The highest BCUT2D eigenvalue weighted by Crippen LogP contribution is 2.43. The summed E-state index contributed by atoms with van der Waals surface area (Å²) in [6.07, 6.45) is 1.28. The van der Waals surface area contributed by atoms with Crippen molar-refractivity contribution in [3.8, 4) is 5.75 Å². The molecule has 7 heteroatoms. The van der Waals surface area contributed by atoms with Crippen LogP contribution in [0.2, 0.25) is 0 Å². The summed E-state index contributed by atoms with van der Waals surface area (Å²) >= 11 is 3.98. The minimum atomic E-state index is -0.276. The van der Waals surface area contributed by atoms with Crippen LogP contribution in [0.3, 0.4) is 0 Å². The van der Waals surface area contributed by atoms with E-state index in [1.165, 1.54) is 35.6 Å². The van der Waals surface area contributed by atoms with E-state index in [0.717, 1.165) is 12.1 Å². The van der Waals surface area contributed by atoms with E-state index in [9.17, 15) is 9.18 Å². The summed E-state index contributed by atoms with van der Waals surface area (Å²) < 4.78 is 19.5. The lowest BCUT2D eigenvalue weighted by molar-refractivity contribution is -0.134. The zero-order chi connectivity index (χ0) is 21.3. The summed E-state index contributed by atoms with van der Waals surface area (Å²) in [5.41, 5.74) is 2.20. The topological polar surface area (TPSA) is 32.8 Å². The van der Waals surface area contributed by atoms with E-state index in [0.29, 0.717) is 23.4 Å². The van der Waals surface area contributed by atoms with E-state index in [4.69, 9.17) is 4.74 Å². The van der Waals surface area contributed by atoms with E-state index >= 15 is 0 Å². The Morgan fingerprint density at radius 2 is 1.70 bits per heavy atom. The van der Waals surface area contributed by atoms with E-state index in [1.807, 2.05) is 54.7 Å². The van der Waals surface area contributed by atoms with Crippen molar-refractivity contribution in [1.29, 1.82) is 0 Å². The smallest absolute Gasteiger partial charge is 0.260 e. The van der Waals surface area contributed by atoms with E-state index in [2.05, 4.69) is 12.1 Å². The SMILES string of the molecule is CN(C)CCN(Cc1ccc(F)cc1)C(=O)COc1ccc(C2SCCCS2)cc1. The number of hydrogen-bond donors (Lipinski definition) is 0. The van der Waals surface area contributed by atoms with Gasteiger partial charge in [0, 0.05) is 19.6 Å². The molecule has 162 valence electrons. The molecule has 0 bridgehead atoms. The number of nitrogens with zero attached hydrogens (tertiary/aromatic N) is 2. The molecule has 0 saturated carbocycles. The molecule has 30 heavy (non-hydrogen) atoms. The number of ether oxygens (including phenoxy) is 1. The molecular weight excluding hydrogens is 419 g/mol. The van der Waals surface area contributed by atoms with Crippen molar-refractivity contribution in [2.75, 3.05) is 45.3 Å². The molecule has 1 saturated heterocycles. The van der Waals surface area contributed by atoms with Gasteiger partial charge < -0.3 is 14.5 Å². The van der Waals surface area contributed by atoms with Crippen LogP contribution in [0.5, 0.6) is 5.75 Å². The van der Waals surface area contributed by atoms with Crippen molar-refractivity contribution < 1.29 is 13.9 Å². The van der Waals surface area contributed by atoms with Gasteiger partial charge >= 0.3 is 0 Å². The Labute approximate surface area is 187 Å². The van der Waals surface area contributed by atoms with Gasteiger partial charge in [-0.15, -0.1) is 23.5 Å². The molecule has 1 amide bonds. The Morgan fingerprint density at radius 1 is 1.03 bits per heavy atom. The number of halogens is 1. The molecule has 0 atom stereocenters. The Bertz CT molecular complexity index is 794. The fourth-order valence-electron chi connectivity index (χ4n) is 3.06. The van der Waals surface area contributed by atoms with Gasteiger partial charge in [-0.2, -0.15) is 0 Å². The van der Waals surface area contributed by atoms with Crippen molar-refractivity contribution in [3.63, 3.8) is 0 Å². The first-order chi connectivity index (χ1) is 14.5. The van der Waals surface area contributed by atoms with Gasteiger partial charge in [0.2, 0.25) is 0 Å². The first kappa shape index (κ1) is 23.0. The van der Waals surface area contributed by atoms with Gasteiger partial charge in [-0.25, -0.2) is 4.39 Å². The molecule has 4 nitrogen and oxygen atoms in total. The van der Waals surface area contributed by atoms with Crippen molar-refractivity contribution in [3.05, 3.63) is 65.5 Å². The third-order valence-corrected chi connectivity index (χ3v) is 7.81. The van der Waals surface area contributed by atoms with Crippen molar-refractivity contribution in [2.45, 2.75) is 17.5 Å². The van der Waals surface area contributed by atoms with Crippen LogP contribution < -0.4 is 4.74 Å². The summed E-state index contributed by atoms with van der Waals surface area (Å²) in [7, 11) is 3.95. The predicted molar refractivity (Wildman–Crippen MR) is 125 cm³/mol. The number of rotatable bonds is 9. The molecule has 1 aliphatic rings. The minimum Gasteiger partial charge on any atom is -0.484 e. The van der Waals surface area contributed by atoms with Crippen molar-refractivity contribution >= 4 is 29.4 Å². The third kappa shape index (κ3) is 7.22. The second-order valence-electron chi connectivity index (χ2n) is 7.53. The number of likely N-dealkylation sites (N-methyl/N-ethyl adjacent to an activating group) is 1. The summed E-state index contributed by atoms with van der Waals surface area (Å²) in [6, 6.07) is 14.4. The molecule has 1 heterocycles. The highest BCUT2D eigenvalue weighted by atomic mass is 32.2. The first-order valence-corrected chi connectivity index (χ1v) is 12.2. The summed E-state index contributed by atoms with van der Waals surface area (Å²) in [4.78, 5) is 16.6. The molecule has 0 spiro atoms. The summed E-state index contributed by atoms with van der Waals surface area (Å²) in [5.74, 6) is 2.76. The molecule has 0 aliphatic carbocycles. The maximum absolute atomic E-state index is 13.2. The highest BCUT2D eigenvalue weighted by Gasteiger charge is 2.18. The number of thioether (sulfide) groups is 2. The average molecular weight is 449 g/mol. The lowest BCUT2D eigenvalue weighted by atomic mass is 10.2. The molecule has 1 aliphatic heterocycles. The van der Waals surface area contributed by atoms with Gasteiger partial charge in [0.05, 0.1) is 4.58 Å². The van der Waals surface area contributed by atoms with Gasteiger partial charge in [-0.05, 0) is 67.4 Å². The quantitative estimate of drug-likeness (QED) is 0.557. The Balaban J connectivity index is 1.56. The van der Waals surface area contributed by atoms with E-state index < -0.39 is 0 Å². The van der Waals surface area contributed by atoms with Gasteiger partial charge in [-0.1, -0.05) is 24.3 Å². The second kappa shape index (κ2) is 11.6. The van der Waals surface area contributed by atoms with Crippen LogP contribution in [0.25, 0.3) is 0 Å². The zero-order valence-corrected chi connectivity index (χ0v) is 19.2. The van der Waals surface area contributed by atoms with Gasteiger partial charge in [0.25, 0.3) is 5.91 Å². The van der Waals surface area contributed by atoms with E-state index in [-0.39, 0.29) is 18.3 Å². The molecule has 0 aromatic heterocycles. The molecule has 1 fully saturated rings. The van der Waals surface area contributed by atoms with Gasteiger partial charge in [0.1, 0.15) is 11.6 Å². The largest absolute Gasteiger partial charge is 0.484 e. The Morgan fingerprint density at radius 3 is 2.33 bits per heavy atom. The minimum absolute atomic E-state index is 0.0130. The summed E-state index contributed by atoms with van der Waals surface area (Å²) in [5, 5.41) is 0. The normalized spacial score (nSPS) is 14.7. The maximum atomic E-state index is 13.2. The van der Waals surface area contributed by atoms with Crippen LogP contribution in [0.4, 0.5) is 4.39 Å². The number of carbonyl (C=O) groups is 1. The number of amides is 1. The van der Waals surface area contributed by atoms with E-state index in [1.54, 1.807) is 17.0 Å². The molecule has 0 radical (unpaired) electrons. The first-order valence-electron chi connectivity index (χ1n) is 10.1. The highest BCUT2D eigenvalue weighted by molar-refractivity contribution is 8.16. The molecule has 2 aromatic carbocycles. The average Bonchev–Trinajstić information content (AvgIpc) is 2.77. The monoisotopic (exact) mass is 448 g/mol. The van der Waals surface area contributed by atoms with Gasteiger partial charge in [-0.3, -0.25) is 4.79 Å². The Hall–Kier alpha value is -1.70. The standard InChI is InChI=1S/C23H29FN2O2S2/c1-25(2)12-13-26(16-18-4-8-20(24)9-5-18)22(27)17-28-21-10-6-19(7-11-21)23-29-14-3-15-30-23/h4-11,23H,3,12-17H2,1-2H3. The molecule has 0 N–H and O–H groups in total. The van der Waals surface area contributed by atoms with Crippen LogP contribution >= 0.6 is 23.5 Å². The fraction of sp³-hybridized carbons (Fsp3) is 0.435. The number of benzene rings is 2. The van der Waals surface area contributed by atoms with Crippen molar-refractivity contribution in [1.82, 2.24) is 9.80 Å². The van der Waals surface area contributed by atoms with Crippen LogP contribution in [0, 0.1) is 5.82 Å². The zero-order valence-electron chi connectivity index (χ0n) is 17.6. The second-order valence-corrected chi connectivity index (χ2v) is 10.3. The predicted octanol–water partition coefficient (Wildman–Crippen LogP) is 4.66. The van der Waals surface area contributed by atoms with Crippen LogP contribution in [-0.4, -0.2) is 61.0 Å². The van der Waals surface area contributed by atoms with Gasteiger partial charge in [0.15, 0.2) is 6.61 Å². The van der Waals surface area contributed by atoms with Crippen molar-refractivity contribution in [2.24, 2.45) is 0 Å². The summed E-state index contributed by atoms with van der Waals surface area (Å²) in [6.45, 7) is 1.76. The lowest BCUT2D eigenvalue weighted by Gasteiger charge is -2.25. The lowest BCUT2D eigenvalue weighted by Crippen LogP contribution is -2.39. The van der Waals surface area contributed by atoms with Crippen LogP contribution in [0.15, 0.2) is 48.5 Å². The molecule has 2 aromatic rings. The fourth-order valence-corrected chi connectivity index (χ4v) is 5.95. The molecular formula is C23H29FN2O2S2. The molecule has 3 rings (SSSR count). The maximum Gasteiger partial charge on any atom is 0.260 e. The van der Waals surface area contributed by atoms with Crippen LogP contribution in [-0.2, 0) is 11.3 Å². The number of carbonyl (C=O) groups excluding carboxylic acids is 1. The number of hydrogen-bond acceptors (Lipinski definition) is 5. The molecule has 0 unspecified atom stereocenters. The Kier molecular flexibility index (Phi) is 8.90. The third-order valence-electron chi connectivity index (χ3n) is 4.80.